The largest absolute Gasteiger partial charge is 0.545 e. The van der Waals surface area contributed by atoms with Crippen LogP contribution in [0.2, 0.25) is 0 Å². The molecule has 1 aliphatic heterocycles. The van der Waals surface area contributed by atoms with E-state index in [1.807, 2.05) is 0 Å². The molecule has 0 atom stereocenters. The van der Waals surface area contributed by atoms with Gasteiger partial charge in [0, 0.05) is 22.1 Å². The minimum Gasteiger partial charge on any atom is -0.545 e. The van der Waals surface area contributed by atoms with Crippen molar-refractivity contribution >= 4 is 28.6 Å². The highest BCUT2D eigenvalue weighted by Crippen LogP contribution is 2.28. The molecule has 0 spiro atoms. The Labute approximate surface area is 101 Å². The third-order valence-corrected chi connectivity index (χ3v) is 2.98. The average Bonchev–Trinajstić information content (AvgIpc) is 2.34. The number of carboxylic acids is 1. The number of carbonyl (C=O) groups is 3. The molecule has 18 heavy (non-hydrogen) atoms. The van der Waals surface area contributed by atoms with Crippen molar-refractivity contribution in [2.45, 2.75) is 0 Å². The first-order valence-corrected chi connectivity index (χ1v) is 5.22. The van der Waals surface area contributed by atoms with Gasteiger partial charge in [0.05, 0.1) is 5.97 Å². The van der Waals surface area contributed by atoms with E-state index in [9.17, 15) is 19.5 Å². The summed E-state index contributed by atoms with van der Waals surface area (Å²) >= 11 is 0. The molecule has 2 amide bonds. The van der Waals surface area contributed by atoms with E-state index in [-0.39, 0.29) is 5.56 Å². The van der Waals surface area contributed by atoms with Gasteiger partial charge in [-0.3, -0.25) is 14.9 Å². The second-order valence-electron chi connectivity index (χ2n) is 3.96. The maximum atomic E-state index is 11.7. The van der Waals surface area contributed by atoms with E-state index in [2.05, 4.69) is 5.32 Å². The zero-order valence-corrected chi connectivity index (χ0v) is 9.02. The van der Waals surface area contributed by atoms with Crippen LogP contribution in [-0.4, -0.2) is 17.8 Å². The van der Waals surface area contributed by atoms with Crippen LogP contribution < -0.4 is 10.4 Å². The summed E-state index contributed by atoms with van der Waals surface area (Å²) < 4.78 is 0. The van der Waals surface area contributed by atoms with Crippen LogP contribution in [0.1, 0.15) is 31.1 Å². The molecule has 3 rings (SSSR count). The van der Waals surface area contributed by atoms with Gasteiger partial charge < -0.3 is 9.90 Å². The monoisotopic (exact) mass is 240 g/mol. The van der Waals surface area contributed by atoms with Gasteiger partial charge in [0.1, 0.15) is 0 Å². The number of carboxylic acid groups (broad SMARTS) is 1. The fraction of sp³-hybridized carbons (Fsp3) is 0. The SMILES string of the molecule is O=C([O-])c1ccc2c3c(cccc13)C(=O)NC2=O. The molecule has 88 valence electrons. The quantitative estimate of drug-likeness (QED) is 0.715. The van der Waals surface area contributed by atoms with Crippen molar-refractivity contribution in [1.82, 2.24) is 5.32 Å². The Hall–Kier alpha value is -2.69. The van der Waals surface area contributed by atoms with Crippen LogP contribution in [-0.2, 0) is 0 Å². The Morgan fingerprint density at radius 2 is 1.67 bits per heavy atom. The summed E-state index contributed by atoms with van der Waals surface area (Å²) in [5.41, 5.74) is 0.563. The molecule has 1 aliphatic rings. The standard InChI is InChI=1S/C13H7NO4/c15-11-8-3-1-2-6-7(13(17)18)4-5-9(10(6)8)12(16)14-11/h1-5H,(H,17,18)(H,14,15,16)/p-1. The number of carbonyl (C=O) groups excluding carboxylic acids is 3. The second-order valence-corrected chi connectivity index (χ2v) is 3.96. The highest BCUT2D eigenvalue weighted by molar-refractivity contribution is 6.27. The van der Waals surface area contributed by atoms with Crippen molar-refractivity contribution in [3.05, 3.63) is 47.0 Å². The molecule has 2 aromatic rings. The molecule has 1 N–H and O–H groups in total. The van der Waals surface area contributed by atoms with Crippen LogP contribution in [0.4, 0.5) is 0 Å². The van der Waals surface area contributed by atoms with E-state index < -0.39 is 17.8 Å². The number of hydrogen-bond acceptors (Lipinski definition) is 4. The number of rotatable bonds is 1. The van der Waals surface area contributed by atoms with Gasteiger partial charge in [-0.2, -0.15) is 0 Å². The van der Waals surface area contributed by atoms with Gasteiger partial charge in [-0.25, -0.2) is 0 Å². The molecule has 2 aromatic carbocycles. The predicted molar refractivity (Wildman–Crippen MR) is 60.1 cm³/mol. The third-order valence-electron chi connectivity index (χ3n) is 2.98. The summed E-state index contributed by atoms with van der Waals surface area (Å²) in [5.74, 6) is -2.38. The zero-order valence-electron chi connectivity index (χ0n) is 9.02. The first kappa shape index (κ1) is 10.5. The van der Waals surface area contributed by atoms with Crippen LogP contribution in [0, 0.1) is 0 Å². The molecule has 5 heteroatoms. The molecule has 0 aromatic heterocycles. The van der Waals surface area contributed by atoms with Gasteiger partial charge in [-0.15, -0.1) is 0 Å². The molecule has 0 fully saturated rings. The van der Waals surface area contributed by atoms with Crippen LogP contribution in [0.3, 0.4) is 0 Å². The minimum absolute atomic E-state index is 0.0295. The lowest BCUT2D eigenvalue weighted by Gasteiger charge is -2.18. The fourth-order valence-corrected chi connectivity index (χ4v) is 2.20. The maximum Gasteiger partial charge on any atom is 0.258 e. The second kappa shape index (κ2) is 3.40. The van der Waals surface area contributed by atoms with Crippen molar-refractivity contribution in [3.63, 3.8) is 0 Å². The van der Waals surface area contributed by atoms with E-state index in [0.29, 0.717) is 21.9 Å². The van der Waals surface area contributed by atoms with Crippen LogP contribution in [0.5, 0.6) is 0 Å². The number of amides is 2. The Bertz CT molecular complexity index is 713. The fourth-order valence-electron chi connectivity index (χ4n) is 2.20. The molecule has 1 heterocycles. The summed E-state index contributed by atoms with van der Waals surface area (Å²) in [6.45, 7) is 0. The third kappa shape index (κ3) is 1.24. The highest BCUT2D eigenvalue weighted by Gasteiger charge is 2.25. The average molecular weight is 240 g/mol. The topological polar surface area (TPSA) is 86.3 Å². The first-order valence-electron chi connectivity index (χ1n) is 5.22. The van der Waals surface area contributed by atoms with Crippen molar-refractivity contribution < 1.29 is 19.5 Å². The van der Waals surface area contributed by atoms with Crippen LogP contribution in [0.25, 0.3) is 10.8 Å². The lowest BCUT2D eigenvalue weighted by molar-refractivity contribution is -0.254. The van der Waals surface area contributed by atoms with Gasteiger partial charge in [-0.1, -0.05) is 18.2 Å². The zero-order chi connectivity index (χ0) is 12.9. The lowest BCUT2D eigenvalue weighted by atomic mass is 9.92. The van der Waals surface area contributed by atoms with Gasteiger partial charge in [-0.05, 0) is 17.5 Å². The summed E-state index contributed by atoms with van der Waals surface area (Å²) in [7, 11) is 0. The molecule has 0 radical (unpaired) electrons. The lowest BCUT2D eigenvalue weighted by Crippen LogP contribution is -2.35. The van der Waals surface area contributed by atoms with E-state index in [1.54, 1.807) is 18.2 Å². The molecule has 0 aliphatic carbocycles. The van der Waals surface area contributed by atoms with Crippen LogP contribution >= 0.6 is 0 Å². The van der Waals surface area contributed by atoms with Crippen molar-refractivity contribution in [1.29, 1.82) is 0 Å². The number of imide groups is 1. The molecule has 0 saturated heterocycles. The van der Waals surface area contributed by atoms with E-state index in [0.717, 1.165) is 0 Å². The smallest absolute Gasteiger partial charge is 0.258 e. The molecule has 5 nitrogen and oxygen atoms in total. The minimum atomic E-state index is -1.34. The Kier molecular flexibility index (Phi) is 1.98. The van der Waals surface area contributed by atoms with Gasteiger partial charge in [0.2, 0.25) is 0 Å². The number of nitrogens with one attached hydrogen (secondary N) is 1. The summed E-state index contributed by atoms with van der Waals surface area (Å²) in [5, 5.41) is 13.9. The number of aromatic carboxylic acids is 1. The molecule has 0 unspecified atom stereocenters. The molecule has 0 bridgehead atoms. The first-order chi connectivity index (χ1) is 8.59. The Morgan fingerprint density at radius 3 is 2.33 bits per heavy atom. The number of hydrogen-bond donors (Lipinski definition) is 1. The van der Waals surface area contributed by atoms with Gasteiger partial charge in [0.15, 0.2) is 0 Å². The summed E-state index contributed by atoms with van der Waals surface area (Å²) in [6, 6.07) is 7.38. The normalized spacial score (nSPS) is 13.6. The predicted octanol–water partition coefficient (Wildman–Crippen LogP) is 0.0869. The molecular formula is C13H6NO4-. The van der Waals surface area contributed by atoms with Crippen LogP contribution in [0.15, 0.2) is 30.3 Å². The van der Waals surface area contributed by atoms with E-state index in [4.69, 9.17) is 0 Å². The summed E-state index contributed by atoms with van der Waals surface area (Å²) in [6.07, 6.45) is 0. The van der Waals surface area contributed by atoms with Gasteiger partial charge >= 0.3 is 0 Å². The molecular weight excluding hydrogens is 234 g/mol. The molecule has 0 saturated carbocycles. The van der Waals surface area contributed by atoms with E-state index in [1.165, 1.54) is 12.1 Å². The van der Waals surface area contributed by atoms with Crippen molar-refractivity contribution in [3.8, 4) is 0 Å². The Morgan fingerprint density at radius 1 is 1.00 bits per heavy atom. The highest BCUT2D eigenvalue weighted by atomic mass is 16.4. The van der Waals surface area contributed by atoms with Crippen molar-refractivity contribution in [2.24, 2.45) is 0 Å². The van der Waals surface area contributed by atoms with Gasteiger partial charge in [0.25, 0.3) is 11.8 Å². The van der Waals surface area contributed by atoms with Crippen molar-refractivity contribution in [2.75, 3.05) is 0 Å². The summed E-state index contributed by atoms with van der Waals surface area (Å²) in [4.78, 5) is 34.3. The maximum absolute atomic E-state index is 11.7. The Balaban J connectivity index is 2.53. The number of benzene rings is 2. The van der Waals surface area contributed by atoms with E-state index >= 15 is 0 Å².